The van der Waals surface area contributed by atoms with E-state index < -0.39 is 0 Å². The first-order valence-corrected chi connectivity index (χ1v) is 6.67. The van der Waals surface area contributed by atoms with Crippen LogP contribution in [0.5, 0.6) is 0 Å². The van der Waals surface area contributed by atoms with E-state index in [9.17, 15) is 4.79 Å². The molecule has 0 fully saturated rings. The van der Waals surface area contributed by atoms with Gasteiger partial charge in [0.05, 0.1) is 17.4 Å². The van der Waals surface area contributed by atoms with Crippen molar-refractivity contribution in [1.82, 2.24) is 4.90 Å². The molecule has 0 aliphatic heterocycles. The lowest BCUT2D eigenvalue weighted by atomic mass is 10.0. The number of halogens is 1. The fraction of sp³-hybridized carbons (Fsp3) is 0.583. The molecule has 0 aliphatic rings. The van der Waals surface area contributed by atoms with Crippen LogP contribution in [0.1, 0.15) is 18.7 Å². The average molecular weight is 276 g/mol. The zero-order valence-corrected chi connectivity index (χ0v) is 12.1. The summed E-state index contributed by atoms with van der Waals surface area (Å²) in [5.74, 6) is -0.311. The Bertz CT molecular complexity index is 380. The molecule has 2 atom stereocenters. The number of esters is 1. The molecule has 0 aliphatic carbocycles. The van der Waals surface area contributed by atoms with Gasteiger partial charge < -0.3 is 4.74 Å². The van der Waals surface area contributed by atoms with Crippen LogP contribution in [0.15, 0.2) is 12.1 Å². The molecular formula is C12H18ClNO2S. The fourth-order valence-electron chi connectivity index (χ4n) is 1.59. The zero-order chi connectivity index (χ0) is 13.0. The van der Waals surface area contributed by atoms with Gasteiger partial charge in [-0.05, 0) is 26.1 Å². The summed E-state index contributed by atoms with van der Waals surface area (Å²) >= 11 is 7.45. The van der Waals surface area contributed by atoms with Crippen molar-refractivity contribution >= 4 is 28.9 Å². The summed E-state index contributed by atoms with van der Waals surface area (Å²) in [6.07, 6.45) is 0. The van der Waals surface area contributed by atoms with Crippen LogP contribution in [-0.2, 0) is 16.1 Å². The SMILES string of the molecule is COC(=O)C(C)C(C)N(C)Cc1ccc(Cl)s1. The molecule has 0 N–H and O–H groups in total. The quantitative estimate of drug-likeness (QED) is 0.774. The summed E-state index contributed by atoms with van der Waals surface area (Å²) in [6, 6.07) is 4.03. The lowest BCUT2D eigenvalue weighted by molar-refractivity contribution is -0.146. The first kappa shape index (κ1) is 14.5. The van der Waals surface area contributed by atoms with Crippen molar-refractivity contribution in [3.63, 3.8) is 0 Å². The summed E-state index contributed by atoms with van der Waals surface area (Å²) in [5, 5.41) is 0. The van der Waals surface area contributed by atoms with Gasteiger partial charge in [0.1, 0.15) is 0 Å². The molecule has 0 radical (unpaired) electrons. The molecule has 3 nitrogen and oxygen atoms in total. The molecule has 0 spiro atoms. The summed E-state index contributed by atoms with van der Waals surface area (Å²) in [6.45, 7) is 4.70. The van der Waals surface area contributed by atoms with Gasteiger partial charge >= 0.3 is 5.97 Å². The van der Waals surface area contributed by atoms with E-state index in [0.29, 0.717) is 0 Å². The third kappa shape index (κ3) is 3.98. The summed E-state index contributed by atoms with van der Waals surface area (Å²) in [7, 11) is 3.42. The molecule has 0 saturated carbocycles. The van der Waals surface area contributed by atoms with Crippen LogP contribution >= 0.6 is 22.9 Å². The van der Waals surface area contributed by atoms with Gasteiger partial charge in [-0.1, -0.05) is 18.5 Å². The summed E-state index contributed by atoms with van der Waals surface area (Å²) in [5.41, 5.74) is 0. The highest BCUT2D eigenvalue weighted by Crippen LogP contribution is 2.23. The number of rotatable bonds is 5. The molecular weight excluding hydrogens is 258 g/mol. The van der Waals surface area contributed by atoms with E-state index >= 15 is 0 Å². The van der Waals surface area contributed by atoms with Crippen LogP contribution < -0.4 is 0 Å². The number of methoxy groups -OCH3 is 1. The smallest absolute Gasteiger partial charge is 0.309 e. The van der Waals surface area contributed by atoms with E-state index in [1.165, 1.54) is 12.0 Å². The number of carbonyl (C=O) groups is 1. The van der Waals surface area contributed by atoms with E-state index in [0.717, 1.165) is 10.9 Å². The Morgan fingerprint density at radius 2 is 2.18 bits per heavy atom. The second-order valence-corrected chi connectivity index (χ2v) is 5.97. The Morgan fingerprint density at radius 1 is 1.53 bits per heavy atom. The zero-order valence-electron chi connectivity index (χ0n) is 10.6. The number of ether oxygens (including phenoxy) is 1. The second kappa shape index (κ2) is 6.38. The van der Waals surface area contributed by atoms with Crippen molar-refractivity contribution in [2.75, 3.05) is 14.2 Å². The van der Waals surface area contributed by atoms with Gasteiger partial charge in [-0.15, -0.1) is 11.3 Å². The molecule has 0 bridgehead atoms. The van der Waals surface area contributed by atoms with Crippen LogP contribution in [0.4, 0.5) is 0 Å². The van der Waals surface area contributed by atoms with Crippen molar-refractivity contribution in [3.05, 3.63) is 21.3 Å². The minimum Gasteiger partial charge on any atom is -0.469 e. The Hall–Kier alpha value is -0.580. The second-order valence-electron chi connectivity index (χ2n) is 4.17. The molecule has 0 aromatic carbocycles. The van der Waals surface area contributed by atoms with Gasteiger partial charge in [0.2, 0.25) is 0 Å². The average Bonchev–Trinajstić information content (AvgIpc) is 2.71. The third-order valence-electron chi connectivity index (χ3n) is 3.03. The maximum absolute atomic E-state index is 11.4. The van der Waals surface area contributed by atoms with Crippen LogP contribution in [0.25, 0.3) is 0 Å². The highest BCUT2D eigenvalue weighted by molar-refractivity contribution is 7.16. The highest BCUT2D eigenvalue weighted by atomic mass is 35.5. The van der Waals surface area contributed by atoms with E-state index in [1.54, 1.807) is 11.3 Å². The largest absolute Gasteiger partial charge is 0.469 e. The van der Waals surface area contributed by atoms with Gasteiger partial charge in [-0.25, -0.2) is 0 Å². The van der Waals surface area contributed by atoms with Gasteiger partial charge in [-0.3, -0.25) is 9.69 Å². The van der Waals surface area contributed by atoms with E-state index in [2.05, 4.69) is 4.90 Å². The molecule has 96 valence electrons. The van der Waals surface area contributed by atoms with Crippen molar-refractivity contribution in [2.24, 2.45) is 5.92 Å². The Kier molecular flexibility index (Phi) is 5.43. The molecule has 1 heterocycles. The number of hydrogen-bond acceptors (Lipinski definition) is 4. The van der Waals surface area contributed by atoms with Gasteiger partial charge in [0.15, 0.2) is 0 Å². The van der Waals surface area contributed by atoms with Crippen molar-refractivity contribution in [3.8, 4) is 0 Å². The van der Waals surface area contributed by atoms with Crippen molar-refractivity contribution in [1.29, 1.82) is 0 Å². The molecule has 0 amide bonds. The maximum atomic E-state index is 11.4. The topological polar surface area (TPSA) is 29.5 Å². The van der Waals surface area contributed by atoms with Gasteiger partial charge in [0, 0.05) is 17.5 Å². The van der Waals surface area contributed by atoms with E-state index in [-0.39, 0.29) is 17.9 Å². The molecule has 0 saturated heterocycles. The van der Waals surface area contributed by atoms with E-state index in [4.69, 9.17) is 16.3 Å². The predicted octanol–water partition coefficient (Wildman–Crippen LogP) is 3.03. The Morgan fingerprint density at radius 3 is 2.65 bits per heavy atom. The molecule has 17 heavy (non-hydrogen) atoms. The molecule has 1 aromatic heterocycles. The summed E-state index contributed by atoms with van der Waals surface area (Å²) in [4.78, 5) is 14.8. The monoisotopic (exact) mass is 275 g/mol. The predicted molar refractivity (Wildman–Crippen MR) is 71.4 cm³/mol. The third-order valence-corrected chi connectivity index (χ3v) is 4.24. The minimum atomic E-state index is -0.173. The van der Waals surface area contributed by atoms with Crippen molar-refractivity contribution < 1.29 is 9.53 Å². The Labute approximate surface area is 111 Å². The number of thiophene rings is 1. The lowest BCUT2D eigenvalue weighted by Gasteiger charge is -2.27. The normalized spacial score (nSPS) is 14.7. The van der Waals surface area contributed by atoms with Crippen LogP contribution in [-0.4, -0.2) is 31.1 Å². The maximum Gasteiger partial charge on any atom is 0.309 e. The minimum absolute atomic E-state index is 0.128. The van der Waals surface area contributed by atoms with Gasteiger partial charge in [0.25, 0.3) is 0 Å². The standard InChI is InChI=1S/C12H18ClNO2S/c1-8(12(15)16-4)9(2)14(3)7-10-5-6-11(13)17-10/h5-6,8-9H,7H2,1-4H3. The first-order chi connectivity index (χ1) is 7.95. The number of hydrogen-bond donors (Lipinski definition) is 0. The van der Waals surface area contributed by atoms with Crippen LogP contribution in [0, 0.1) is 5.92 Å². The highest BCUT2D eigenvalue weighted by Gasteiger charge is 2.24. The van der Waals surface area contributed by atoms with Gasteiger partial charge in [-0.2, -0.15) is 0 Å². The first-order valence-electron chi connectivity index (χ1n) is 5.48. The molecule has 1 aromatic rings. The van der Waals surface area contributed by atoms with E-state index in [1.807, 2.05) is 33.0 Å². The van der Waals surface area contributed by atoms with Crippen LogP contribution in [0.3, 0.4) is 0 Å². The van der Waals surface area contributed by atoms with Crippen molar-refractivity contribution in [2.45, 2.75) is 26.4 Å². The molecule has 1 rings (SSSR count). The Balaban J connectivity index is 2.57. The molecule has 2 unspecified atom stereocenters. The van der Waals surface area contributed by atoms with Crippen LogP contribution in [0.2, 0.25) is 4.34 Å². The molecule has 5 heteroatoms. The fourth-order valence-corrected chi connectivity index (χ4v) is 2.74. The number of nitrogens with zero attached hydrogens (tertiary/aromatic N) is 1. The number of carbonyl (C=O) groups excluding carboxylic acids is 1. The lowest BCUT2D eigenvalue weighted by Crippen LogP contribution is -2.37. The summed E-state index contributed by atoms with van der Waals surface area (Å²) < 4.78 is 5.55.